The van der Waals surface area contributed by atoms with E-state index in [1.807, 2.05) is 29.7 Å². The molecule has 27 heavy (non-hydrogen) atoms. The quantitative estimate of drug-likeness (QED) is 0.646. The first-order valence-corrected chi connectivity index (χ1v) is 11.5. The smallest absolute Gasteiger partial charge is 0.237 e. The molecule has 0 saturated heterocycles. The summed E-state index contributed by atoms with van der Waals surface area (Å²) >= 11 is 3.43. The molecule has 0 bridgehead atoms. The minimum absolute atomic E-state index is 0.163. The number of imidazole rings is 1. The molecule has 1 aromatic heterocycles. The Balaban J connectivity index is 1.76. The summed E-state index contributed by atoms with van der Waals surface area (Å²) in [5.74, 6) is 1.13. The van der Waals surface area contributed by atoms with E-state index in [-0.39, 0.29) is 5.91 Å². The maximum absolute atomic E-state index is 13.1. The van der Waals surface area contributed by atoms with Crippen molar-refractivity contribution < 1.29 is 4.79 Å². The molecule has 4 nitrogen and oxygen atoms in total. The molecule has 2 heterocycles. The summed E-state index contributed by atoms with van der Waals surface area (Å²) in [6.07, 6.45) is 1.01. The van der Waals surface area contributed by atoms with Gasteiger partial charge in [0.2, 0.25) is 5.91 Å². The number of benzene rings is 1. The molecule has 146 valence electrons. The molecule has 0 unspecified atom stereocenters. The Morgan fingerprint density at radius 1 is 1.33 bits per heavy atom. The van der Waals surface area contributed by atoms with E-state index in [1.54, 1.807) is 11.8 Å². The van der Waals surface area contributed by atoms with Crippen LogP contribution in [0, 0.1) is 19.8 Å². The second-order valence-electron chi connectivity index (χ2n) is 7.59. The lowest BCUT2D eigenvalue weighted by Gasteiger charge is -2.22. The van der Waals surface area contributed by atoms with Gasteiger partial charge in [0.25, 0.3) is 0 Å². The first-order chi connectivity index (χ1) is 12.9. The number of hydrogen-bond donors (Lipinski definition) is 0. The normalized spacial score (nSPS) is 17.1. The minimum Gasteiger partial charge on any atom is -0.323 e. The van der Waals surface area contributed by atoms with Gasteiger partial charge in [0.05, 0.1) is 17.1 Å². The van der Waals surface area contributed by atoms with Crippen LogP contribution < -0.4 is 4.90 Å². The summed E-state index contributed by atoms with van der Waals surface area (Å²) in [7, 11) is 0. The van der Waals surface area contributed by atoms with Crippen molar-refractivity contribution in [2.45, 2.75) is 62.9 Å². The Bertz CT molecular complexity index is 816. The van der Waals surface area contributed by atoms with Gasteiger partial charge < -0.3 is 9.47 Å². The number of aromatic nitrogens is 2. The molecule has 0 fully saturated rings. The molecule has 1 aromatic carbocycles. The summed E-state index contributed by atoms with van der Waals surface area (Å²) in [6.45, 7) is 12.5. The SMILES string of the molecule is Cc1nc(SCC(=O)N2CC[C@H](C)Sc3ccccc32)n(CC(C)C)c1C. The molecular weight excluding hydrogens is 374 g/mol. The van der Waals surface area contributed by atoms with Crippen molar-refractivity contribution in [1.29, 1.82) is 0 Å². The van der Waals surface area contributed by atoms with Gasteiger partial charge in [0.15, 0.2) is 5.16 Å². The van der Waals surface area contributed by atoms with Crippen LogP contribution in [0.2, 0.25) is 0 Å². The Labute approximate surface area is 171 Å². The molecule has 2 aromatic rings. The Morgan fingerprint density at radius 3 is 2.81 bits per heavy atom. The van der Waals surface area contributed by atoms with Crippen molar-refractivity contribution in [2.24, 2.45) is 5.92 Å². The molecule has 1 amide bonds. The highest BCUT2D eigenvalue weighted by molar-refractivity contribution is 8.00. The van der Waals surface area contributed by atoms with Crippen LogP contribution in [0.4, 0.5) is 5.69 Å². The number of fused-ring (bicyclic) bond motifs is 1. The molecule has 0 radical (unpaired) electrons. The number of rotatable bonds is 5. The van der Waals surface area contributed by atoms with Gasteiger partial charge >= 0.3 is 0 Å². The lowest BCUT2D eigenvalue weighted by molar-refractivity contribution is -0.116. The maximum Gasteiger partial charge on any atom is 0.237 e. The number of nitrogens with zero attached hydrogens (tertiary/aromatic N) is 3. The van der Waals surface area contributed by atoms with Crippen LogP contribution in [0.1, 0.15) is 38.6 Å². The van der Waals surface area contributed by atoms with Crippen molar-refractivity contribution in [2.75, 3.05) is 17.2 Å². The third kappa shape index (κ3) is 4.72. The molecule has 6 heteroatoms. The third-order valence-corrected chi connectivity index (χ3v) is 7.04. The fourth-order valence-corrected chi connectivity index (χ4v) is 5.35. The van der Waals surface area contributed by atoms with Gasteiger partial charge in [0, 0.05) is 28.9 Å². The standard InChI is InChI=1S/C21H29N3OS2/c1-14(2)12-24-17(5)16(4)22-21(24)26-13-20(25)23-11-10-15(3)27-19-9-7-6-8-18(19)23/h6-9,14-15H,10-13H2,1-5H3/t15-/m0/s1. The van der Waals surface area contributed by atoms with E-state index in [4.69, 9.17) is 4.98 Å². The predicted octanol–water partition coefficient (Wildman–Crippen LogP) is 5.17. The first-order valence-electron chi connectivity index (χ1n) is 9.59. The lowest BCUT2D eigenvalue weighted by atomic mass is 10.2. The highest BCUT2D eigenvalue weighted by Crippen LogP contribution is 2.37. The first kappa shape index (κ1) is 20.3. The fourth-order valence-electron chi connectivity index (χ4n) is 3.26. The van der Waals surface area contributed by atoms with Gasteiger partial charge in [-0.1, -0.05) is 44.7 Å². The molecule has 3 rings (SSSR count). The minimum atomic E-state index is 0.163. The average Bonchev–Trinajstić information content (AvgIpc) is 2.79. The fraction of sp³-hybridized carbons (Fsp3) is 0.524. The molecular formula is C21H29N3OS2. The predicted molar refractivity (Wildman–Crippen MR) is 116 cm³/mol. The Kier molecular flexibility index (Phi) is 6.58. The van der Waals surface area contributed by atoms with E-state index in [2.05, 4.69) is 50.5 Å². The van der Waals surface area contributed by atoms with Crippen molar-refractivity contribution in [1.82, 2.24) is 9.55 Å². The molecule has 1 atom stereocenters. The number of anilines is 1. The van der Waals surface area contributed by atoms with Gasteiger partial charge in [-0.25, -0.2) is 4.98 Å². The van der Waals surface area contributed by atoms with E-state index < -0.39 is 0 Å². The summed E-state index contributed by atoms with van der Waals surface area (Å²) in [4.78, 5) is 21.0. The van der Waals surface area contributed by atoms with E-state index >= 15 is 0 Å². The molecule has 0 spiro atoms. The van der Waals surface area contributed by atoms with Crippen LogP contribution in [-0.2, 0) is 11.3 Å². The Hall–Kier alpha value is -1.40. The van der Waals surface area contributed by atoms with E-state index in [0.29, 0.717) is 16.9 Å². The molecule has 0 N–H and O–H groups in total. The lowest BCUT2D eigenvalue weighted by Crippen LogP contribution is -2.33. The summed E-state index contributed by atoms with van der Waals surface area (Å²) < 4.78 is 2.26. The zero-order valence-corrected chi connectivity index (χ0v) is 18.5. The molecule has 1 aliphatic heterocycles. The number of aryl methyl sites for hydroxylation is 1. The molecule has 0 saturated carbocycles. The molecule has 1 aliphatic rings. The van der Waals surface area contributed by atoms with Crippen LogP contribution in [0.25, 0.3) is 0 Å². The molecule has 0 aliphatic carbocycles. The summed E-state index contributed by atoms with van der Waals surface area (Å²) in [5, 5.41) is 1.48. The highest BCUT2D eigenvalue weighted by Gasteiger charge is 2.24. The largest absolute Gasteiger partial charge is 0.323 e. The van der Waals surface area contributed by atoms with Gasteiger partial charge in [-0.3, -0.25) is 4.79 Å². The topological polar surface area (TPSA) is 38.1 Å². The number of hydrogen-bond acceptors (Lipinski definition) is 4. The van der Waals surface area contributed by atoms with E-state index in [9.17, 15) is 4.79 Å². The Morgan fingerprint density at radius 2 is 2.07 bits per heavy atom. The summed E-state index contributed by atoms with van der Waals surface area (Å²) in [6, 6.07) is 8.26. The number of amides is 1. The third-order valence-electron chi connectivity index (χ3n) is 4.84. The maximum atomic E-state index is 13.1. The van der Waals surface area contributed by atoms with Crippen LogP contribution in [0.15, 0.2) is 34.3 Å². The van der Waals surface area contributed by atoms with Crippen LogP contribution in [-0.4, -0.2) is 33.0 Å². The number of carbonyl (C=O) groups excluding carboxylic acids is 1. The van der Waals surface area contributed by atoms with Crippen LogP contribution in [0.3, 0.4) is 0 Å². The van der Waals surface area contributed by atoms with Crippen molar-refractivity contribution >= 4 is 35.1 Å². The monoisotopic (exact) mass is 403 g/mol. The number of thioether (sulfide) groups is 2. The zero-order chi connectivity index (χ0) is 19.6. The second kappa shape index (κ2) is 8.74. The number of carbonyl (C=O) groups is 1. The summed E-state index contributed by atoms with van der Waals surface area (Å²) in [5.41, 5.74) is 3.30. The van der Waals surface area contributed by atoms with E-state index in [1.165, 1.54) is 10.6 Å². The zero-order valence-electron chi connectivity index (χ0n) is 16.9. The van der Waals surface area contributed by atoms with Crippen molar-refractivity contribution in [3.05, 3.63) is 35.7 Å². The van der Waals surface area contributed by atoms with Crippen LogP contribution >= 0.6 is 23.5 Å². The van der Waals surface area contributed by atoms with Gasteiger partial charge in [0.1, 0.15) is 0 Å². The van der Waals surface area contributed by atoms with Crippen molar-refractivity contribution in [3.63, 3.8) is 0 Å². The number of para-hydroxylation sites is 1. The average molecular weight is 404 g/mol. The second-order valence-corrected chi connectivity index (χ2v) is 10.0. The van der Waals surface area contributed by atoms with Crippen LogP contribution in [0.5, 0.6) is 0 Å². The van der Waals surface area contributed by atoms with E-state index in [0.717, 1.165) is 36.0 Å². The van der Waals surface area contributed by atoms with Gasteiger partial charge in [-0.05, 0) is 38.3 Å². The van der Waals surface area contributed by atoms with Gasteiger partial charge in [-0.2, -0.15) is 0 Å². The van der Waals surface area contributed by atoms with Crippen molar-refractivity contribution in [3.8, 4) is 0 Å². The van der Waals surface area contributed by atoms with Gasteiger partial charge in [-0.15, -0.1) is 11.8 Å². The highest BCUT2D eigenvalue weighted by atomic mass is 32.2.